The number of carboxylic acids is 1. The lowest BCUT2D eigenvalue weighted by Crippen LogP contribution is -2.36. The van der Waals surface area contributed by atoms with Crippen molar-refractivity contribution in [3.05, 3.63) is 88.5 Å². The summed E-state index contributed by atoms with van der Waals surface area (Å²) in [5.41, 5.74) is 6.42. The van der Waals surface area contributed by atoms with Gasteiger partial charge in [0.15, 0.2) is 0 Å². The first-order valence-electron chi connectivity index (χ1n) is 13.7. The fraction of sp³-hybridized carbons (Fsp3) is 0.355. The molecule has 0 aliphatic carbocycles. The minimum absolute atomic E-state index is 0.0104. The monoisotopic (exact) mass is 524 g/mol. The molecule has 0 fully saturated rings. The van der Waals surface area contributed by atoms with Crippen LogP contribution in [0.2, 0.25) is 0 Å². The molecule has 9 bridgehead atoms. The summed E-state index contributed by atoms with van der Waals surface area (Å²) in [6, 6.07) is 19.6. The van der Waals surface area contributed by atoms with Crippen molar-refractivity contribution in [2.45, 2.75) is 51.6 Å². The highest BCUT2D eigenvalue weighted by atomic mass is 16.5. The maximum Gasteiger partial charge on any atom is 0.307 e. The average molecular weight is 525 g/mol. The normalized spacial score (nSPS) is 18.6. The molecule has 8 heteroatoms. The molecule has 3 aromatic carbocycles. The second-order valence-electron chi connectivity index (χ2n) is 10.6. The summed E-state index contributed by atoms with van der Waals surface area (Å²) in [5, 5.41) is 18.8. The summed E-state index contributed by atoms with van der Waals surface area (Å²) < 4.78 is 7.83. The zero-order chi connectivity index (χ0) is 26.9. The summed E-state index contributed by atoms with van der Waals surface area (Å²) in [7, 11) is 0. The summed E-state index contributed by atoms with van der Waals surface area (Å²) in [5.74, 6) is -1.11. The molecule has 0 saturated carbocycles. The van der Waals surface area contributed by atoms with Crippen LogP contribution in [0.3, 0.4) is 0 Å². The Hall–Kier alpha value is -4.20. The second-order valence-corrected chi connectivity index (χ2v) is 10.6. The first-order chi connectivity index (χ1) is 19.0. The van der Waals surface area contributed by atoms with Crippen molar-refractivity contribution >= 4 is 22.9 Å². The van der Waals surface area contributed by atoms with Gasteiger partial charge < -0.3 is 14.7 Å². The van der Waals surface area contributed by atoms with E-state index in [0.29, 0.717) is 25.3 Å². The topological polar surface area (TPSA) is 97.6 Å². The van der Waals surface area contributed by atoms with E-state index in [1.54, 1.807) is 6.92 Å². The van der Waals surface area contributed by atoms with Gasteiger partial charge in [-0.05, 0) is 84.3 Å². The molecule has 8 nitrogen and oxygen atoms in total. The van der Waals surface area contributed by atoms with Crippen LogP contribution in [0.4, 0.5) is 0 Å². The van der Waals surface area contributed by atoms with E-state index in [9.17, 15) is 14.7 Å². The summed E-state index contributed by atoms with van der Waals surface area (Å²) in [6.07, 6.45) is 3.61. The molecule has 0 spiro atoms. The minimum atomic E-state index is -0.854. The summed E-state index contributed by atoms with van der Waals surface area (Å²) >= 11 is 0. The van der Waals surface area contributed by atoms with Crippen LogP contribution >= 0.6 is 0 Å². The van der Waals surface area contributed by atoms with E-state index in [1.165, 1.54) is 5.56 Å². The largest absolute Gasteiger partial charge is 0.494 e. The maximum atomic E-state index is 13.4. The molecule has 200 valence electrons. The van der Waals surface area contributed by atoms with Gasteiger partial charge in [-0.2, -0.15) is 0 Å². The van der Waals surface area contributed by atoms with Crippen LogP contribution in [-0.2, 0) is 24.3 Å². The lowest BCUT2D eigenvalue weighted by atomic mass is 9.80. The van der Waals surface area contributed by atoms with Crippen LogP contribution in [0, 0.1) is 5.92 Å². The lowest BCUT2D eigenvalue weighted by molar-refractivity contribution is -0.141. The molecule has 39 heavy (non-hydrogen) atoms. The standard InChI is InChI=1S/C31H32N4O4/c1-20(31(37)38)29-23-6-5-21-13-15-34(19-25(21)17-23)30(36)22-7-10-26(11-8-22)39-16-4-2-3-14-35-28-12-9-24(29)18-27(28)32-33-35/h5-12,17-18,20,29H,2-4,13-16,19H2,1H3,(H,37,38). The molecule has 0 radical (unpaired) electrons. The Balaban J connectivity index is 1.41. The Morgan fingerprint density at radius 1 is 0.974 bits per heavy atom. The number of carbonyl (C=O) groups is 2. The fourth-order valence-electron chi connectivity index (χ4n) is 5.81. The number of carboxylic acid groups (broad SMARTS) is 1. The molecule has 2 atom stereocenters. The highest BCUT2D eigenvalue weighted by Gasteiger charge is 2.29. The Labute approximate surface area is 227 Å². The number of aromatic nitrogens is 3. The van der Waals surface area contributed by atoms with Crippen LogP contribution in [0.15, 0.2) is 60.7 Å². The fourth-order valence-corrected chi connectivity index (χ4v) is 5.81. The number of amides is 1. The minimum Gasteiger partial charge on any atom is -0.494 e. The van der Waals surface area contributed by atoms with Gasteiger partial charge in [-0.3, -0.25) is 9.59 Å². The van der Waals surface area contributed by atoms with E-state index in [1.807, 2.05) is 58.1 Å². The third-order valence-electron chi connectivity index (χ3n) is 8.06. The van der Waals surface area contributed by atoms with Gasteiger partial charge in [0.05, 0.1) is 18.0 Å². The second kappa shape index (κ2) is 10.5. The van der Waals surface area contributed by atoms with Crippen molar-refractivity contribution < 1.29 is 19.4 Å². The van der Waals surface area contributed by atoms with Crippen LogP contribution in [0.5, 0.6) is 5.75 Å². The van der Waals surface area contributed by atoms with Gasteiger partial charge in [0.2, 0.25) is 0 Å². The van der Waals surface area contributed by atoms with Gasteiger partial charge in [0.1, 0.15) is 11.3 Å². The number of ether oxygens (including phenoxy) is 1. The van der Waals surface area contributed by atoms with Crippen LogP contribution < -0.4 is 4.74 Å². The molecule has 5 aliphatic rings. The molecule has 1 aromatic heterocycles. The Morgan fingerprint density at radius 3 is 2.59 bits per heavy atom. The molecule has 4 aromatic rings. The highest BCUT2D eigenvalue weighted by Crippen LogP contribution is 2.36. The first kappa shape index (κ1) is 25.1. The smallest absolute Gasteiger partial charge is 0.307 e. The molecular weight excluding hydrogens is 492 g/mol. The number of rotatable bonds is 2. The van der Waals surface area contributed by atoms with E-state index < -0.39 is 11.9 Å². The predicted molar refractivity (Wildman–Crippen MR) is 147 cm³/mol. The zero-order valence-corrected chi connectivity index (χ0v) is 22.0. The van der Waals surface area contributed by atoms with Crippen molar-refractivity contribution in [2.24, 2.45) is 5.92 Å². The highest BCUT2D eigenvalue weighted by molar-refractivity contribution is 5.94. The van der Waals surface area contributed by atoms with Gasteiger partial charge in [-0.15, -0.1) is 5.10 Å². The number of hydrogen-bond donors (Lipinski definition) is 1. The van der Waals surface area contributed by atoms with Gasteiger partial charge in [-0.1, -0.05) is 36.4 Å². The molecule has 1 N–H and O–H groups in total. The zero-order valence-electron chi connectivity index (χ0n) is 22.0. The van der Waals surface area contributed by atoms with Gasteiger partial charge in [0.25, 0.3) is 5.91 Å². The van der Waals surface area contributed by atoms with E-state index >= 15 is 0 Å². The van der Waals surface area contributed by atoms with Gasteiger partial charge in [0, 0.05) is 31.1 Å². The lowest BCUT2D eigenvalue weighted by Gasteiger charge is -2.31. The van der Waals surface area contributed by atoms with E-state index in [4.69, 9.17) is 4.74 Å². The predicted octanol–water partition coefficient (Wildman–Crippen LogP) is 5.05. The average Bonchev–Trinajstić information content (AvgIpc) is 3.36. The van der Waals surface area contributed by atoms with Crippen LogP contribution in [0.1, 0.15) is 64.7 Å². The molecule has 1 amide bonds. The Bertz CT molecular complexity index is 1530. The SMILES string of the molecule is CC(C(=O)O)C1c2ccc3c(c2)CN(CC3)C(=O)c2ccc(cc2)OCCCCCn2nnc3cc1ccc32. The number of aryl methyl sites for hydroxylation is 1. The molecule has 2 unspecified atom stereocenters. The number of hydrogen-bond acceptors (Lipinski definition) is 5. The van der Waals surface area contributed by atoms with Gasteiger partial charge >= 0.3 is 5.97 Å². The Kier molecular flexibility index (Phi) is 6.77. The molecular formula is C31H32N4O4. The molecule has 0 saturated heterocycles. The number of benzene rings is 3. The van der Waals surface area contributed by atoms with E-state index in [-0.39, 0.29) is 11.8 Å². The van der Waals surface area contributed by atoms with Crippen LogP contribution in [-0.4, -0.2) is 50.0 Å². The number of nitrogens with zero attached hydrogens (tertiary/aromatic N) is 4. The molecule has 6 heterocycles. The van der Waals surface area contributed by atoms with Gasteiger partial charge in [-0.25, -0.2) is 4.68 Å². The first-order valence-corrected chi connectivity index (χ1v) is 13.7. The van der Waals surface area contributed by atoms with E-state index in [0.717, 1.165) is 65.7 Å². The number of carbonyl (C=O) groups excluding carboxylic acids is 1. The van der Waals surface area contributed by atoms with Crippen molar-refractivity contribution in [3.8, 4) is 5.75 Å². The van der Waals surface area contributed by atoms with Crippen molar-refractivity contribution in [2.75, 3.05) is 13.2 Å². The summed E-state index contributed by atoms with van der Waals surface area (Å²) in [6.45, 7) is 4.25. The van der Waals surface area contributed by atoms with Crippen LogP contribution in [0.25, 0.3) is 11.0 Å². The third kappa shape index (κ3) is 4.99. The Morgan fingerprint density at radius 2 is 1.77 bits per heavy atom. The van der Waals surface area contributed by atoms with Crippen molar-refractivity contribution in [1.82, 2.24) is 19.9 Å². The maximum absolute atomic E-state index is 13.4. The quantitative estimate of drug-likeness (QED) is 0.394. The molecule has 9 rings (SSSR count). The van der Waals surface area contributed by atoms with E-state index in [2.05, 4.69) is 22.4 Å². The molecule has 5 aliphatic heterocycles. The third-order valence-corrected chi connectivity index (χ3v) is 8.06. The number of aliphatic carboxylic acids is 1. The summed E-state index contributed by atoms with van der Waals surface area (Å²) in [4.78, 5) is 27.4. The van der Waals surface area contributed by atoms with Crippen molar-refractivity contribution in [3.63, 3.8) is 0 Å². The van der Waals surface area contributed by atoms with Crippen molar-refractivity contribution in [1.29, 1.82) is 0 Å².